The lowest BCUT2D eigenvalue weighted by Crippen LogP contribution is -2.44. The molecule has 6 heteroatoms. The molecule has 0 aliphatic heterocycles. The van der Waals surface area contributed by atoms with E-state index in [-0.39, 0.29) is 11.9 Å². The minimum Gasteiger partial charge on any atom is -0.385 e. The fraction of sp³-hybridized carbons (Fsp3) is 0.640. The summed E-state index contributed by atoms with van der Waals surface area (Å²) in [5, 5.41) is 2.65. The molecule has 174 valence electrons. The van der Waals surface area contributed by atoms with Crippen molar-refractivity contribution < 1.29 is 19.1 Å². The highest BCUT2D eigenvalue weighted by Crippen LogP contribution is 2.31. The van der Waals surface area contributed by atoms with Crippen LogP contribution in [-0.4, -0.2) is 57.2 Å². The number of hydrogen-bond donors (Lipinski definition) is 1. The molecule has 1 unspecified atom stereocenters. The van der Waals surface area contributed by atoms with E-state index in [1.165, 1.54) is 19.3 Å². The van der Waals surface area contributed by atoms with Gasteiger partial charge in [-0.2, -0.15) is 0 Å². The van der Waals surface area contributed by atoms with Gasteiger partial charge in [0.1, 0.15) is 12.6 Å². The molecule has 0 bridgehead atoms. The van der Waals surface area contributed by atoms with E-state index in [0.29, 0.717) is 24.9 Å². The highest BCUT2D eigenvalue weighted by atomic mass is 16.5. The Balaban J connectivity index is 0.000000577. The number of ether oxygens (including phenoxy) is 1. The maximum atomic E-state index is 12.1. The molecule has 31 heavy (non-hydrogen) atoms. The maximum absolute atomic E-state index is 12.1. The Morgan fingerprint density at radius 1 is 1.32 bits per heavy atom. The van der Waals surface area contributed by atoms with Gasteiger partial charge in [0.15, 0.2) is 0 Å². The summed E-state index contributed by atoms with van der Waals surface area (Å²) >= 11 is 0. The van der Waals surface area contributed by atoms with Gasteiger partial charge in [-0.3, -0.25) is 14.5 Å². The molecule has 0 aromatic heterocycles. The van der Waals surface area contributed by atoms with Crippen LogP contribution in [0.3, 0.4) is 0 Å². The Hall–Kier alpha value is -2.05. The molecule has 0 spiro atoms. The van der Waals surface area contributed by atoms with Crippen molar-refractivity contribution in [1.82, 2.24) is 10.2 Å². The summed E-state index contributed by atoms with van der Waals surface area (Å²) in [6.45, 7) is 3.60. The van der Waals surface area contributed by atoms with Crippen LogP contribution in [0.25, 0.3) is 0 Å². The number of carbonyl (C=O) groups is 3. The number of nitrogens with zero attached hydrogens (tertiary/aromatic N) is 1. The second-order valence-electron chi connectivity index (χ2n) is 8.22. The first-order valence-electron chi connectivity index (χ1n) is 11.4. The maximum Gasteiger partial charge on any atom is 0.237 e. The van der Waals surface area contributed by atoms with Gasteiger partial charge in [-0.05, 0) is 49.8 Å². The molecule has 0 radical (unpaired) electrons. The van der Waals surface area contributed by atoms with Crippen LogP contribution >= 0.6 is 0 Å². The lowest BCUT2D eigenvalue weighted by molar-refractivity contribution is -0.126. The van der Waals surface area contributed by atoms with E-state index in [1.807, 2.05) is 30.1 Å². The number of rotatable bonds is 14. The second-order valence-corrected chi connectivity index (χ2v) is 8.22. The molecule has 2 rings (SSSR count). The number of methoxy groups -OCH3 is 1. The van der Waals surface area contributed by atoms with Crippen molar-refractivity contribution in [2.75, 3.05) is 27.8 Å². The first-order chi connectivity index (χ1) is 15.0. The average molecular weight is 433 g/mol. The Morgan fingerprint density at radius 3 is 2.61 bits per heavy atom. The summed E-state index contributed by atoms with van der Waals surface area (Å²) in [7, 11) is 5.22. The van der Waals surface area contributed by atoms with Crippen molar-refractivity contribution in [2.45, 2.75) is 70.9 Å². The number of benzene rings is 1. The zero-order valence-corrected chi connectivity index (χ0v) is 19.7. The van der Waals surface area contributed by atoms with Crippen LogP contribution in [0.4, 0.5) is 0 Å². The predicted octanol–water partition coefficient (Wildman–Crippen LogP) is 3.80. The predicted molar refractivity (Wildman–Crippen MR) is 124 cm³/mol. The first-order valence-corrected chi connectivity index (χ1v) is 11.4. The van der Waals surface area contributed by atoms with E-state index < -0.39 is 0 Å². The molecular weight excluding hydrogens is 392 g/mol. The first kappa shape index (κ1) is 27.0. The largest absolute Gasteiger partial charge is 0.385 e. The highest BCUT2D eigenvalue weighted by molar-refractivity contribution is 5.82. The number of aryl methyl sites for hydroxylation is 1. The summed E-state index contributed by atoms with van der Waals surface area (Å²) in [6, 6.07) is 5.37. The molecule has 1 aliphatic carbocycles. The number of nitrogens with one attached hydrogen (secondary N) is 1. The standard InChI is InChI=1S/C19H28N2O3.C6H12O/c1-4-5-8-15-9-6-10-16(14-23)17(15)13-21(3)18(11-7-12-22)19(24)20-2;1-7-5-4-6-2-3-6/h6,9-10,12,14,18H,4-5,7-8,11,13H2,1-3H3,(H,20,24);6H,2-5H2,1H3. The molecule has 1 N–H and O–H groups in total. The monoisotopic (exact) mass is 432 g/mol. The molecule has 1 atom stereocenters. The SMILES string of the molecule is CCCCc1cccc(C=O)c1CN(C)C(CCC=O)C(=O)NC.COCCC1CC1. The Labute approximate surface area is 187 Å². The van der Waals surface area contributed by atoms with Crippen LogP contribution in [0, 0.1) is 5.92 Å². The fourth-order valence-corrected chi connectivity index (χ4v) is 3.55. The molecule has 1 aromatic rings. The summed E-state index contributed by atoms with van der Waals surface area (Å²) < 4.78 is 4.89. The zero-order valence-electron chi connectivity index (χ0n) is 19.7. The number of aldehydes is 2. The third kappa shape index (κ3) is 10.2. The van der Waals surface area contributed by atoms with E-state index in [0.717, 1.165) is 55.5 Å². The highest BCUT2D eigenvalue weighted by Gasteiger charge is 2.23. The van der Waals surface area contributed by atoms with E-state index in [2.05, 4.69) is 12.2 Å². The molecule has 0 heterocycles. The lowest BCUT2D eigenvalue weighted by Gasteiger charge is -2.27. The van der Waals surface area contributed by atoms with Crippen LogP contribution in [-0.2, 0) is 27.3 Å². The minimum atomic E-state index is -0.390. The van der Waals surface area contributed by atoms with Gasteiger partial charge in [-0.15, -0.1) is 0 Å². The number of amides is 1. The Morgan fingerprint density at radius 2 is 2.06 bits per heavy atom. The normalized spacial score (nSPS) is 13.8. The number of hydrogen-bond acceptors (Lipinski definition) is 5. The van der Waals surface area contributed by atoms with Gasteiger partial charge >= 0.3 is 0 Å². The van der Waals surface area contributed by atoms with E-state index in [9.17, 15) is 14.4 Å². The molecule has 1 aliphatic rings. The zero-order chi connectivity index (χ0) is 23.1. The lowest BCUT2D eigenvalue weighted by atomic mass is 9.96. The van der Waals surface area contributed by atoms with Crippen LogP contribution < -0.4 is 5.32 Å². The van der Waals surface area contributed by atoms with E-state index in [4.69, 9.17) is 4.74 Å². The fourth-order valence-electron chi connectivity index (χ4n) is 3.55. The quantitative estimate of drug-likeness (QED) is 0.453. The molecule has 1 fully saturated rings. The van der Waals surface area contributed by atoms with Crippen molar-refractivity contribution >= 4 is 18.5 Å². The summed E-state index contributed by atoms with van der Waals surface area (Å²) in [6.07, 6.45) is 9.75. The van der Waals surface area contributed by atoms with Gasteiger partial charge in [0, 0.05) is 39.3 Å². The van der Waals surface area contributed by atoms with Gasteiger partial charge in [0.2, 0.25) is 5.91 Å². The van der Waals surface area contributed by atoms with Crippen LogP contribution in [0.15, 0.2) is 18.2 Å². The summed E-state index contributed by atoms with van der Waals surface area (Å²) in [4.78, 5) is 36.1. The smallest absolute Gasteiger partial charge is 0.237 e. The number of carbonyl (C=O) groups excluding carboxylic acids is 3. The second kappa shape index (κ2) is 15.7. The van der Waals surface area contributed by atoms with Gasteiger partial charge < -0.3 is 14.8 Å². The van der Waals surface area contributed by atoms with Crippen molar-refractivity contribution in [3.63, 3.8) is 0 Å². The van der Waals surface area contributed by atoms with Crippen LogP contribution in [0.1, 0.15) is 73.4 Å². The molecule has 0 saturated heterocycles. The summed E-state index contributed by atoms with van der Waals surface area (Å²) in [5.41, 5.74) is 2.80. The van der Waals surface area contributed by atoms with Crippen molar-refractivity contribution in [1.29, 1.82) is 0 Å². The van der Waals surface area contributed by atoms with Gasteiger partial charge in [0.05, 0.1) is 6.04 Å². The third-order valence-electron chi connectivity index (χ3n) is 5.71. The van der Waals surface area contributed by atoms with E-state index >= 15 is 0 Å². The molecule has 6 nitrogen and oxygen atoms in total. The Bertz CT molecular complexity index is 673. The number of likely N-dealkylation sites (N-methyl/N-ethyl adjacent to an activating group) is 2. The van der Waals surface area contributed by atoms with Crippen molar-refractivity contribution in [3.05, 3.63) is 34.9 Å². The topological polar surface area (TPSA) is 75.7 Å². The van der Waals surface area contributed by atoms with Gasteiger partial charge in [-0.1, -0.05) is 44.4 Å². The van der Waals surface area contributed by atoms with Crippen molar-refractivity contribution in [3.8, 4) is 0 Å². The average Bonchev–Trinajstić information content (AvgIpc) is 3.61. The van der Waals surface area contributed by atoms with Gasteiger partial charge in [0.25, 0.3) is 0 Å². The molecule has 1 saturated carbocycles. The molecule has 1 aromatic carbocycles. The van der Waals surface area contributed by atoms with Crippen molar-refractivity contribution in [2.24, 2.45) is 5.92 Å². The number of unbranched alkanes of at least 4 members (excludes halogenated alkanes) is 1. The minimum absolute atomic E-state index is 0.113. The van der Waals surface area contributed by atoms with E-state index in [1.54, 1.807) is 14.2 Å². The molecule has 1 amide bonds. The summed E-state index contributed by atoms with van der Waals surface area (Å²) in [5.74, 6) is 0.915. The van der Waals surface area contributed by atoms with Gasteiger partial charge in [-0.25, -0.2) is 0 Å². The Kier molecular flexibility index (Phi) is 13.7. The molecular formula is C25H40N2O4. The third-order valence-corrected chi connectivity index (χ3v) is 5.71. The van der Waals surface area contributed by atoms with Crippen LogP contribution in [0.2, 0.25) is 0 Å². The van der Waals surface area contributed by atoms with Crippen LogP contribution in [0.5, 0.6) is 0 Å².